The first-order chi connectivity index (χ1) is 16.9. The van der Waals surface area contributed by atoms with E-state index in [9.17, 15) is 5.53 Å². The standard InChI is InChI=1S/C28H24N7.2BrH/c1-2-19-22(15-7-4-3-5-8-15)23(16-9-6-10-17(13-16)27(31)32)26(30)25-24(19)20-14-18(29)11-12-21(20)34-28(25)35-33;;/h3-14H,2,29-30H2,1H3,(H3,31,32);2*1H. The van der Waals surface area contributed by atoms with Crippen LogP contribution in [0.15, 0.2) is 72.8 Å². The molecule has 37 heavy (non-hydrogen) atoms. The van der Waals surface area contributed by atoms with Gasteiger partial charge in [-0.25, -0.2) is 0 Å². The number of nitrogen functional groups attached to an aromatic ring is 3. The van der Waals surface area contributed by atoms with Gasteiger partial charge >= 0.3 is 5.84 Å². The molecule has 0 fully saturated rings. The maximum absolute atomic E-state index is 9.94. The van der Waals surface area contributed by atoms with Crippen molar-refractivity contribution in [2.24, 2.45) is 5.73 Å². The summed E-state index contributed by atoms with van der Waals surface area (Å²) in [5.74, 6) is 0.116. The first-order valence-corrected chi connectivity index (χ1v) is 11.3. The number of nitrogens with zero attached hydrogens (tertiary/aromatic N) is 3. The predicted molar refractivity (Wildman–Crippen MR) is 162 cm³/mol. The first-order valence-electron chi connectivity index (χ1n) is 11.3. The molecule has 4 aromatic carbocycles. The third kappa shape index (κ3) is 4.64. The predicted octanol–water partition coefficient (Wildman–Crippen LogP) is 6.08. The zero-order chi connectivity index (χ0) is 24.7. The summed E-state index contributed by atoms with van der Waals surface area (Å²) in [5, 5.41) is 12.5. The second-order valence-corrected chi connectivity index (χ2v) is 8.42. The van der Waals surface area contributed by atoms with Crippen LogP contribution in [0.25, 0.3) is 38.9 Å². The molecule has 0 saturated carbocycles. The molecule has 7 nitrogen and oxygen atoms in total. The van der Waals surface area contributed by atoms with Gasteiger partial charge in [0.25, 0.3) is 0 Å². The average molecular weight is 620 g/mol. The number of nitrogens with two attached hydrogens (primary N) is 3. The van der Waals surface area contributed by atoms with E-state index in [2.05, 4.69) is 17.0 Å². The van der Waals surface area contributed by atoms with E-state index in [4.69, 9.17) is 22.6 Å². The number of benzene rings is 4. The second kappa shape index (κ2) is 11.0. The van der Waals surface area contributed by atoms with E-state index in [-0.39, 0.29) is 45.6 Å². The van der Waals surface area contributed by atoms with Gasteiger partial charge < -0.3 is 27.5 Å². The average Bonchev–Trinajstić information content (AvgIpc) is 2.88. The molecule has 9 heteroatoms. The first kappa shape index (κ1) is 27.7. The summed E-state index contributed by atoms with van der Waals surface area (Å²) < 4.78 is 0. The van der Waals surface area contributed by atoms with Crippen LogP contribution in [0.1, 0.15) is 23.6 Å². The van der Waals surface area contributed by atoms with Gasteiger partial charge in [-0.15, -0.1) is 34.0 Å². The monoisotopic (exact) mass is 618 g/mol. The Morgan fingerprint density at radius 2 is 1.57 bits per heavy atom. The van der Waals surface area contributed by atoms with Crippen LogP contribution in [0, 0.1) is 5.41 Å². The molecule has 0 unspecified atom stereocenters. The summed E-state index contributed by atoms with van der Waals surface area (Å²) in [4.78, 5) is 3.51. The maximum Gasteiger partial charge on any atom is 0.411 e. The molecule has 1 radical (unpaired) electrons. The minimum Gasteiger partial charge on any atom is -0.497 e. The van der Waals surface area contributed by atoms with E-state index in [0.29, 0.717) is 34.6 Å². The molecule has 0 spiro atoms. The Morgan fingerprint density at radius 1 is 0.865 bits per heavy atom. The van der Waals surface area contributed by atoms with E-state index in [1.807, 2.05) is 60.7 Å². The fraction of sp³-hybridized carbons (Fsp3) is 0.0714. The lowest BCUT2D eigenvalue weighted by Crippen LogP contribution is -2.23. The van der Waals surface area contributed by atoms with Gasteiger partial charge in [0, 0.05) is 27.9 Å². The van der Waals surface area contributed by atoms with Crippen LogP contribution in [0.5, 0.6) is 0 Å². The van der Waals surface area contributed by atoms with Crippen molar-refractivity contribution in [2.75, 3.05) is 11.5 Å². The fourth-order valence-corrected chi connectivity index (χ4v) is 4.86. The number of anilines is 2. The van der Waals surface area contributed by atoms with Crippen molar-refractivity contribution >= 4 is 62.7 Å². The molecule has 1 aliphatic rings. The zero-order valence-corrected chi connectivity index (χ0v) is 23.5. The summed E-state index contributed by atoms with van der Waals surface area (Å²) in [7, 11) is 0. The molecule has 0 bridgehead atoms. The third-order valence-electron chi connectivity index (χ3n) is 6.36. The van der Waals surface area contributed by atoms with E-state index in [0.717, 1.165) is 38.9 Å². The van der Waals surface area contributed by atoms with Crippen molar-refractivity contribution in [3.8, 4) is 33.4 Å². The molecule has 7 N–H and O–H groups in total. The Bertz CT molecular complexity index is 1560. The highest BCUT2D eigenvalue weighted by atomic mass is 79.9. The Balaban J connectivity index is 0.00000190. The van der Waals surface area contributed by atoms with Crippen LogP contribution in [-0.2, 0) is 6.42 Å². The van der Waals surface area contributed by atoms with Crippen molar-refractivity contribution < 1.29 is 4.79 Å². The molecule has 1 aliphatic heterocycles. The SMILES string of the molecule is Br.Br.CCc1c2c(c(N)c(-c3cccc(C(=N)N)c3)c1-c1ccccc1)C(=[N+]=[N-])[N]c1ccc(N)cc1-2. The minimum absolute atomic E-state index is 0. The van der Waals surface area contributed by atoms with Crippen molar-refractivity contribution in [3.05, 3.63) is 95.0 Å². The number of amidine groups is 2. The van der Waals surface area contributed by atoms with Crippen LogP contribution in [-0.4, -0.2) is 16.5 Å². The number of rotatable bonds is 4. The summed E-state index contributed by atoms with van der Waals surface area (Å²) in [6.45, 7) is 2.08. The molecule has 0 atom stereocenters. The van der Waals surface area contributed by atoms with Crippen molar-refractivity contribution in [1.29, 1.82) is 5.41 Å². The highest BCUT2D eigenvalue weighted by molar-refractivity contribution is 8.93. The largest absolute Gasteiger partial charge is 0.497 e. The molecule has 0 aromatic heterocycles. The number of halogens is 2. The zero-order valence-electron chi connectivity index (χ0n) is 20.0. The number of nitrogens with one attached hydrogen (secondary N) is 1. The van der Waals surface area contributed by atoms with E-state index in [1.165, 1.54) is 0 Å². The molecule has 187 valence electrons. The van der Waals surface area contributed by atoms with Gasteiger partial charge in [0.1, 0.15) is 11.4 Å². The summed E-state index contributed by atoms with van der Waals surface area (Å²) in [6, 6.07) is 23.0. The van der Waals surface area contributed by atoms with Crippen molar-refractivity contribution in [1.82, 2.24) is 5.32 Å². The molecular formula is C28H26Br2N7. The van der Waals surface area contributed by atoms with Gasteiger partial charge in [-0.1, -0.05) is 55.5 Å². The highest BCUT2D eigenvalue weighted by Gasteiger charge is 2.37. The molecule has 0 amide bonds. The summed E-state index contributed by atoms with van der Waals surface area (Å²) >= 11 is 0. The molecule has 0 saturated heterocycles. The van der Waals surface area contributed by atoms with Gasteiger partial charge in [0.15, 0.2) is 5.69 Å². The van der Waals surface area contributed by atoms with Crippen molar-refractivity contribution in [2.45, 2.75) is 13.3 Å². The highest BCUT2D eigenvalue weighted by Crippen LogP contribution is 2.50. The molecule has 1 heterocycles. The number of fused-ring (bicyclic) bond motifs is 3. The van der Waals surface area contributed by atoms with E-state index >= 15 is 0 Å². The molecular weight excluding hydrogens is 594 g/mol. The van der Waals surface area contributed by atoms with Gasteiger partial charge in [0.05, 0.1) is 5.69 Å². The lowest BCUT2D eigenvalue weighted by Gasteiger charge is -2.26. The molecule has 5 rings (SSSR count). The summed E-state index contributed by atoms with van der Waals surface area (Å²) in [5.41, 5.74) is 38.0. The third-order valence-corrected chi connectivity index (χ3v) is 6.36. The Kier molecular flexibility index (Phi) is 8.23. The van der Waals surface area contributed by atoms with Crippen LogP contribution >= 0.6 is 34.0 Å². The lowest BCUT2D eigenvalue weighted by molar-refractivity contribution is -0.00814. The van der Waals surface area contributed by atoms with E-state index < -0.39 is 0 Å². The van der Waals surface area contributed by atoms with Crippen LogP contribution in [0.2, 0.25) is 0 Å². The van der Waals surface area contributed by atoms with Crippen molar-refractivity contribution in [3.63, 3.8) is 0 Å². The molecule has 0 aliphatic carbocycles. The topological polar surface area (TPSA) is 152 Å². The van der Waals surface area contributed by atoms with Gasteiger partial charge in [-0.3, -0.25) is 5.41 Å². The maximum atomic E-state index is 9.94. The second-order valence-electron chi connectivity index (χ2n) is 8.42. The normalized spacial score (nSPS) is 11.1. The molecule has 4 aromatic rings. The summed E-state index contributed by atoms with van der Waals surface area (Å²) in [6.07, 6.45) is 0.680. The fourth-order valence-electron chi connectivity index (χ4n) is 4.86. The van der Waals surface area contributed by atoms with Gasteiger partial charge in [-0.05, 0) is 58.3 Å². The quantitative estimate of drug-likeness (QED) is 0.0719. The number of hydrogen-bond acceptors (Lipinski definition) is 3. The van der Waals surface area contributed by atoms with Crippen LogP contribution in [0.4, 0.5) is 17.1 Å². The van der Waals surface area contributed by atoms with Gasteiger partial charge in [-0.2, -0.15) is 0 Å². The Labute approximate surface area is 236 Å². The smallest absolute Gasteiger partial charge is 0.411 e. The van der Waals surface area contributed by atoms with Gasteiger partial charge in [0.2, 0.25) is 0 Å². The van der Waals surface area contributed by atoms with E-state index in [1.54, 1.807) is 12.1 Å². The van der Waals surface area contributed by atoms with Crippen LogP contribution in [0.3, 0.4) is 0 Å². The minimum atomic E-state index is -0.0302. The lowest BCUT2D eigenvalue weighted by atomic mass is 9.78. The number of hydrogen-bond donors (Lipinski definition) is 4. The van der Waals surface area contributed by atoms with Crippen LogP contribution < -0.4 is 22.5 Å². The Hall–Kier alpha value is -3.91. The Morgan fingerprint density at radius 3 is 2.22 bits per heavy atom.